The van der Waals surface area contributed by atoms with Gasteiger partial charge in [0, 0.05) is 10.4 Å². The van der Waals surface area contributed by atoms with Gasteiger partial charge >= 0.3 is 0 Å². The Morgan fingerprint density at radius 2 is 2.09 bits per heavy atom. The van der Waals surface area contributed by atoms with Gasteiger partial charge in [0.1, 0.15) is 10.7 Å². The molecule has 0 amide bonds. The number of H-pyrrole nitrogens is 1. The Kier molecular flexibility index (Phi) is 3.70. The summed E-state index contributed by atoms with van der Waals surface area (Å²) < 4.78 is 5.61. The number of hydrogen-bond acceptors (Lipinski definition) is 5. The van der Waals surface area contributed by atoms with E-state index in [1.165, 1.54) is 18.4 Å². The number of halogens is 1. The molecule has 0 saturated heterocycles. The summed E-state index contributed by atoms with van der Waals surface area (Å²) in [6.07, 6.45) is 0. The van der Waals surface area contributed by atoms with E-state index in [1.54, 1.807) is 12.1 Å². The van der Waals surface area contributed by atoms with Crippen LogP contribution in [0.2, 0.25) is 0 Å². The van der Waals surface area contributed by atoms with Crippen molar-refractivity contribution in [1.29, 1.82) is 0 Å². The molecule has 2 N–H and O–H groups in total. The second-order valence-electron chi connectivity index (χ2n) is 4.89. The Bertz CT molecular complexity index is 946. The van der Waals surface area contributed by atoms with Crippen LogP contribution in [-0.4, -0.2) is 22.2 Å². The molecule has 3 aromatic rings. The zero-order valence-electron chi connectivity index (χ0n) is 12.2. The molecule has 0 aliphatic carbocycles. The van der Waals surface area contributed by atoms with Crippen LogP contribution in [0, 0.1) is 13.8 Å². The molecule has 0 aliphatic heterocycles. The lowest BCUT2D eigenvalue weighted by atomic mass is 10.1. The van der Waals surface area contributed by atoms with Gasteiger partial charge in [0.2, 0.25) is 0 Å². The van der Waals surface area contributed by atoms with Crippen molar-refractivity contribution in [1.82, 2.24) is 9.97 Å². The molecular weight excluding hydrogens is 368 g/mol. The monoisotopic (exact) mass is 380 g/mol. The van der Waals surface area contributed by atoms with E-state index in [1.807, 2.05) is 13.8 Å². The third-order valence-corrected chi connectivity index (χ3v) is 5.27. The largest absolute Gasteiger partial charge is 0.503 e. The van der Waals surface area contributed by atoms with Crippen molar-refractivity contribution < 1.29 is 9.84 Å². The maximum Gasteiger partial charge on any atom is 0.260 e. The molecule has 1 aromatic carbocycles. The summed E-state index contributed by atoms with van der Waals surface area (Å²) in [5.74, 6) is 0.765. The smallest absolute Gasteiger partial charge is 0.260 e. The number of ether oxygens (including phenoxy) is 1. The molecule has 0 fully saturated rings. The number of fused-ring (bicyclic) bond motifs is 1. The minimum absolute atomic E-state index is 0.0116. The number of rotatable bonds is 2. The lowest BCUT2D eigenvalue weighted by Crippen LogP contribution is -2.09. The highest BCUT2D eigenvalue weighted by Crippen LogP contribution is 2.38. The lowest BCUT2D eigenvalue weighted by molar-refractivity contribution is 0.372. The van der Waals surface area contributed by atoms with Crippen LogP contribution in [0.5, 0.6) is 11.5 Å². The molecule has 5 nitrogen and oxygen atoms in total. The number of aromatic nitrogens is 2. The van der Waals surface area contributed by atoms with Crippen LogP contribution in [0.3, 0.4) is 0 Å². The highest BCUT2D eigenvalue weighted by Gasteiger charge is 2.15. The number of aryl methyl sites for hydroxylation is 2. The fourth-order valence-corrected chi connectivity index (χ4v) is 3.73. The number of methoxy groups -OCH3 is 1. The average molecular weight is 381 g/mol. The number of hydrogen-bond donors (Lipinski definition) is 2. The van der Waals surface area contributed by atoms with E-state index < -0.39 is 0 Å². The number of phenols is 1. The maximum absolute atomic E-state index is 12.3. The van der Waals surface area contributed by atoms with Gasteiger partial charge in [-0.3, -0.25) is 4.79 Å². The van der Waals surface area contributed by atoms with Gasteiger partial charge in [-0.25, -0.2) is 4.98 Å². The highest BCUT2D eigenvalue weighted by molar-refractivity contribution is 9.10. The number of thiophene rings is 1. The quantitative estimate of drug-likeness (QED) is 0.709. The second kappa shape index (κ2) is 5.40. The van der Waals surface area contributed by atoms with Crippen LogP contribution in [-0.2, 0) is 0 Å². The van der Waals surface area contributed by atoms with Crippen molar-refractivity contribution in [2.75, 3.05) is 7.11 Å². The zero-order chi connectivity index (χ0) is 16.0. The SMILES string of the molecule is COc1cc(-c2nc3sc(C)c(C)c3c(=O)[nH]2)cc(Br)c1O. The second-order valence-corrected chi connectivity index (χ2v) is 6.94. The summed E-state index contributed by atoms with van der Waals surface area (Å²) in [4.78, 5) is 21.5. The summed E-state index contributed by atoms with van der Waals surface area (Å²) in [6, 6.07) is 3.33. The van der Waals surface area contributed by atoms with Gasteiger partial charge in [-0.05, 0) is 47.5 Å². The molecule has 0 unspecified atom stereocenters. The number of aromatic hydroxyl groups is 1. The van der Waals surface area contributed by atoms with E-state index in [-0.39, 0.29) is 11.3 Å². The third-order valence-electron chi connectivity index (χ3n) is 3.56. The van der Waals surface area contributed by atoms with Crippen molar-refractivity contribution in [2.45, 2.75) is 13.8 Å². The first kappa shape index (κ1) is 15.1. The Labute approximate surface area is 138 Å². The van der Waals surface area contributed by atoms with E-state index in [2.05, 4.69) is 25.9 Å². The first-order valence-corrected chi connectivity index (χ1v) is 8.10. The van der Waals surface area contributed by atoms with Gasteiger partial charge in [-0.2, -0.15) is 0 Å². The minimum Gasteiger partial charge on any atom is -0.503 e. The molecule has 0 aliphatic rings. The van der Waals surface area contributed by atoms with Gasteiger partial charge in [0.15, 0.2) is 11.5 Å². The Morgan fingerprint density at radius 3 is 2.77 bits per heavy atom. The fraction of sp³-hybridized carbons (Fsp3) is 0.200. The Hall–Kier alpha value is -1.86. The van der Waals surface area contributed by atoms with Gasteiger partial charge < -0.3 is 14.8 Å². The van der Waals surface area contributed by atoms with Crippen molar-refractivity contribution in [3.63, 3.8) is 0 Å². The summed E-state index contributed by atoms with van der Waals surface area (Å²) in [5, 5.41) is 10.5. The van der Waals surface area contributed by atoms with Gasteiger partial charge in [-0.15, -0.1) is 11.3 Å². The molecule has 0 atom stereocenters. The topological polar surface area (TPSA) is 75.2 Å². The first-order valence-electron chi connectivity index (χ1n) is 6.49. The molecule has 7 heteroatoms. The molecular formula is C15H13BrN2O3S. The van der Waals surface area contributed by atoms with Gasteiger partial charge in [0.25, 0.3) is 5.56 Å². The van der Waals surface area contributed by atoms with Crippen LogP contribution in [0.25, 0.3) is 21.6 Å². The number of aromatic amines is 1. The first-order chi connectivity index (χ1) is 10.4. The highest BCUT2D eigenvalue weighted by atomic mass is 79.9. The van der Waals surface area contributed by atoms with E-state index in [0.717, 1.165) is 10.4 Å². The van der Waals surface area contributed by atoms with E-state index >= 15 is 0 Å². The molecule has 3 rings (SSSR count). The summed E-state index contributed by atoms with van der Waals surface area (Å²) >= 11 is 4.77. The summed E-state index contributed by atoms with van der Waals surface area (Å²) in [5.41, 5.74) is 1.46. The van der Waals surface area contributed by atoms with Crippen molar-refractivity contribution in [3.8, 4) is 22.9 Å². The minimum atomic E-state index is -0.162. The van der Waals surface area contributed by atoms with Crippen molar-refractivity contribution in [3.05, 3.63) is 37.4 Å². The molecule has 2 aromatic heterocycles. The number of nitrogens with zero attached hydrogens (tertiary/aromatic N) is 1. The van der Waals surface area contributed by atoms with E-state index in [9.17, 15) is 9.90 Å². The molecule has 114 valence electrons. The van der Waals surface area contributed by atoms with Crippen LogP contribution in [0.15, 0.2) is 21.4 Å². The van der Waals surface area contributed by atoms with Gasteiger partial charge in [0.05, 0.1) is 17.0 Å². The average Bonchev–Trinajstić information content (AvgIpc) is 2.77. The number of nitrogens with one attached hydrogen (secondary N) is 1. The van der Waals surface area contributed by atoms with Gasteiger partial charge in [-0.1, -0.05) is 0 Å². The normalized spacial score (nSPS) is 11.1. The summed E-state index contributed by atoms with van der Waals surface area (Å²) in [6.45, 7) is 3.89. The van der Waals surface area contributed by atoms with Crippen molar-refractivity contribution in [2.24, 2.45) is 0 Å². The summed E-state index contributed by atoms with van der Waals surface area (Å²) in [7, 11) is 1.47. The van der Waals surface area contributed by atoms with Crippen LogP contribution < -0.4 is 10.3 Å². The molecule has 0 saturated carbocycles. The number of phenolic OH excluding ortho intramolecular Hbond substituents is 1. The van der Waals surface area contributed by atoms with Crippen LogP contribution in [0.4, 0.5) is 0 Å². The lowest BCUT2D eigenvalue weighted by Gasteiger charge is -2.08. The van der Waals surface area contributed by atoms with E-state index in [4.69, 9.17) is 4.74 Å². The third kappa shape index (κ3) is 2.30. The predicted octanol–water partition coefficient (Wildman–Crippen LogP) is 3.75. The Morgan fingerprint density at radius 1 is 1.36 bits per heavy atom. The molecule has 0 bridgehead atoms. The van der Waals surface area contributed by atoms with Crippen LogP contribution in [0.1, 0.15) is 10.4 Å². The Balaban J connectivity index is 2.27. The number of benzene rings is 1. The van der Waals surface area contributed by atoms with Crippen LogP contribution >= 0.6 is 27.3 Å². The fourth-order valence-electron chi connectivity index (χ4n) is 2.26. The van der Waals surface area contributed by atoms with Crippen molar-refractivity contribution >= 4 is 37.5 Å². The molecule has 22 heavy (non-hydrogen) atoms. The predicted molar refractivity (Wildman–Crippen MR) is 91.1 cm³/mol. The molecule has 2 heterocycles. The molecule has 0 radical (unpaired) electrons. The standard InChI is InChI=1S/C15H13BrN2O3S/c1-6-7(2)22-15-11(6)14(20)17-13(18-15)8-4-9(16)12(19)10(5-8)21-3/h4-5,19H,1-3H3,(H,17,18,20). The maximum atomic E-state index is 12.3. The zero-order valence-corrected chi connectivity index (χ0v) is 14.6. The van der Waals surface area contributed by atoms with E-state index in [0.29, 0.717) is 31.8 Å². The molecule has 0 spiro atoms.